The number of nitriles is 1. The van der Waals surface area contributed by atoms with Crippen molar-refractivity contribution in [3.8, 4) is 11.8 Å². The lowest BCUT2D eigenvalue weighted by atomic mass is 10.1. The molecule has 0 saturated carbocycles. The summed E-state index contributed by atoms with van der Waals surface area (Å²) in [5.41, 5.74) is 5.20. The van der Waals surface area contributed by atoms with Gasteiger partial charge in [-0.15, -0.1) is 0 Å². The van der Waals surface area contributed by atoms with Gasteiger partial charge in [0.1, 0.15) is 12.4 Å². The molecule has 0 amide bonds. The molecular weight excluding hydrogens is 260 g/mol. The summed E-state index contributed by atoms with van der Waals surface area (Å²) in [4.78, 5) is 0. The summed E-state index contributed by atoms with van der Waals surface area (Å²) in [5.74, 6) is 0.928. The monoisotopic (exact) mass is 280 g/mol. The summed E-state index contributed by atoms with van der Waals surface area (Å²) in [6.07, 6.45) is 0. The highest BCUT2D eigenvalue weighted by Crippen LogP contribution is 2.25. The van der Waals surface area contributed by atoms with Crippen LogP contribution in [0.25, 0.3) is 0 Å². The Morgan fingerprint density at radius 3 is 2.43 bits per heavy atom. The van der Waals surface area contributed by atoms with Crippen LogP contribution in [0.1, 0.15) is 27.8 Å². The predicted molar refractivity (Wildman–Crippen MR) is 84.2 cm³/mol. The molecule has 3 nitrogen and oxygen atoms in total. The van der Waals surface area contributed by atoms with Crippen molar-refractivity contribution in [1.29, 1.82) is 5.26 Å². The van der Waals surface area contributed by atoms with E-state index in [0.717, 1.165) is 29.0 Å². The second-order valence-electron chi connectivity index (χ2n) is 5.19. The lowest BCUT2D eigenvalue weighted by Gasteiger charge is -2.14. The molecule has 0 unspecified atom stereocenters. The van der Waals surface area contributed by atoms with Gasteiger partial charge in [-0.25, -0.2) is 0 Å². The van der Waals surface area contributed by atoms with Gasteiger partial charge in [0.25, 0.3) is 0 Å². The molecule has 0 aliphatic carbocycles. The van der Waals surface area contributed by atoms with E-state index in [4.69, 9.17) is 10.00 Å². The van der Waals surface area contributed by atoms with Gasteiger partial charge >= 0.3 is 0 Å². The number of ether oxygens (including phenoxy) is 1. The number of aryl methyl sites for hydroxylation is 2. The summed E-state index contributed by atoms with van der Waals surface area (Å²) < 4.78 is 5.96. The Bertz CT molecular complexity index is 648. The number of nitrogens with one attached hydrogen (secondary N) is 1. The molecule has 0 bridgehead atoms. The van der Waals surface area contributed by atoms with E-state index in [1.807, 2.05) is 25.2 Å². The smallest absolute Gasteiger partial charge is 0.125 e. The topological polar surface area (TPSA) is 45.0 Å². The van der Waals surface area contributed by atoms with Gasteiger partial charge in [-0.3, -0.25) is 0 Å². The fourth-order valence-corrected chi connectivity index (χ4v) is 2.46. The van der Waals surface area contributed by atoms with Gasteiger partial charge in [0.15, 0.2) is 0 Å². The zero-order valence-electron chi connectivity index (χ0n) is 12.7. The standard InChI is InChI=1S/C18H20N2O/c1-13-7-17(11-20-3)8-14(2)18(13)21-12-16-6-4-5-15(9-16)10-19/h4-9,20H,11-12H2,1-3H3. The first-order valence-corrected chi connectivity index (χ1v) is 7.00. The van der Waals surface area contributed by atoms with E-state index in [1.165, 1.54) is 5.56 Å². The van der Waals surface area contributed by atoms with Crippen molar-refractivity contribution in [3.05, 3.63) is 64.2 Å². The van der Waals surface area contributed by atoms with E-state index >= 15 is 0 Å². The van der Waals surface area contributed by atoms with Crippen LogP contribution < -0.4 is 10.1 Å². The molecule has 108 valence electrons. The van der Waals surface area contributed by atoms with Gasteiger partial charge in [0.05, 0.1) is 11.6 Å². The second-order valence-corrected chi connectivity index (χ2v) is 5.19. The van der Waals surface area contributed by atoms with Gasteiger partial charge in [0.2, 0.25) is 0 Å². The van der Waals surface area contributed by atoms with Crippen molar-refractivity contribution in [1.82, 2.24) is 5.32 Å². The van der Waals surface area contributed by atoms with Crippen molar-refractivity contribution in [2.75, 3.05) is 7.05 Å². The third kappa shape index (κ3) is 3.84. The van der Waals surface area contributed by atoms with Crippen LogP contribution in [0.5, 0.6) is 5.75 Å². The molecule has 0 saturated heterocycles. The van der Waals surface area contributed by atoms with Crippen LogP contribution >= 0.6 is 0 Å². The maximum absolute atomic E-state index is 8.92. The highest BCUT2D eigenvalue weighted by atomic mass is 16.5. The Labute approximate surface area is 126 Å². The van der Waals surface area contributed by atoms with Crippen LogP contribution in [0.15, 0.2) is 36.4 Å². The quantitative estimate of drug-likeness (QED) is 0.912. The van der Waals surface area contributed by atoms with Crippen LogP contribution in [-0.2, 0) is 13.2 Å². The molecule has 0 aromatic heterocycles. The Balaban J connectivity index is 2.14. The number of nitrogens with zero attached hydrogens (tertiary/aromatic N) is 1. The number of benzene rings is 2. The average molecular weight is 280 g/mol. The minimum absolute atomic E-state index is 0.475. The van der Waals surface area contributed by atoms with Crippen molar-refractivity contribution in [2.24, 2.45) is 0 Å². The summed E-state index contributed by atoms with van der Waals surface area (Å²) in [7, 11) is 1.94. The van der Waals surface area contributed by atoms with Crippen molar-refractivity contribution >= 4 is 0 Å². The Morgan fingerprint density at radius 2 is 1.81 bits per heavy atom. The van der Waals surface area contributed by atoms with Crippen LogP contribution in [0.3, 0.4) is 0 Å². The minimum atomic E-state index is 0.475. The Kier molecular flexibility index (Phi) is 4.97. The molecule has 0 fully saturated rings. The van der Waals surface area contributed by atoms with Crippen molar-refractivity contribution in [2.45, 2.75) is 27.0 Å². The first-order chi connectivity index (χ1) is 10.1. The minimum Gasteiger partial charge on any atom is -0.488 e. The van der Waals surface area contributed by atoms with E-state index in [2.05, 4.69) is 37.4 Å². The molecule has 21 heavy (non-hydrogen) atoms. The molecule has 1 N–H and O–H groups in total. The summed E-state index contributed by atoms with van der Waals surface area (Å²) in [5, 5.41) is 12.1. The first-order valence-electron chi connectivity index (χ1n) is 7.00. The fourth-order valence-electron chi connectivity index (χ4n) is 2.46. The molecule has 3 heteroatoms. The average Bonchev–Trinajstić information content (AvgIpc) is 2.47. The molecule has 2 aromatic rings. The van der Waals surface area contributed by atoms with Gasteiger partial charge in [-0.2, -0.15) is 5.26 Å². The summed E-state index contributed by atoms with van der Waals surface area (Å²) >= 11 is 0. The van der Waals surface area contributed by atoms with Crippen LogP contribution in [-0.4, -0.2) is 7.05 Å². The SMILES string of the molecule is CNCc1cc(C)c(OCc2cccc(C#N)c2)c(C)c1. The maximum atomic E-state index is 8.92. The normalized spacial score (nSPS) is 10.2. The molecule has 0 aliphatic rings. The predicted octanol–water partition coefficient (Wildman–Crippen LogP) is 3.47. The molecule has 0 aliphatic heterocycles. The van der Waals surface area contributed by atoms with E-state index in [-0.39, 0.29) is 0 Å². The third-order valence-corrected chi connectivity index (χ3v) is 3.34. The first kappa shape index (κ1) is 15.1. The highest BCUT2D eigenvalue weighted by Gasteiger charge is 2.07. The maximum Gasteiger partial charge on any atom is 0.125 e. The Morgan fingerprint density at radius 1 is 1.10 bits per heavy atom. The van der Waals surface area contributed by atoms with E-state index in [0.29, 0.717) is 12.2 Å². The van der Waals surface area contributed by atoms with Gasteiger partial charge < -0.3 is 10.1 Å². The molecule has 0 radical (unpaired) electrons. The number of hydrogen-bond acceptors (Lipinski definition) is 3. The number of rotatable bonds is 5. The van der Waals surface area contributed by atoms with E-state index < -0.39 is 0 Å². The fraction of sp³-hybridized carbons (Fsp3) is 0.278. The van der Waals surface area contributed by atoms with Crippen molar-refractivity contribution < 1.29 is 4.74 Å². The molecular formula is C18H20N2O. The number of hydrogen-bond donors (Lipinski definition) is 1. The molecule has 0 atom stereocenters. The van der Waals surface area contributed by atoms with E-state index in [1.54, 1.807) is 6.07 Å². The Hall–Kier alpha value is -2.31. The summed E-state index contributed by atoms with van der Waals surface area (Å²) in [6.45, 7) is 5.45. The van der Waals surface area contributed by atoms with Crippen LogP contribution in [0, 0.1) is 25.2 Å². The second kappa shape index (κ2) is 6.92. The zero-order chi connectivity index (χ0) is 15.2. The van der Waals surface area contributed by atoms with Gasteiger partial charge in [-0.1, -0.05) is 24.3 Å². The molecule has 0 spiro atoms. The lowest BCUT2D eigenvalue weighted by molar-refractivity contribution is 0.302. The van der Waals surface area contributed by atoms with Crippen LogP contribution in [0.2, 0.25) is 0 Å². The largest absolute Gasteiger partial charge is 0.488 e. The molecule has 0 heterocycles. The van der Waals surface area contributed by atoms with Gasteiger partial charge in [-0.05, 0) is 55.3 Å². The van der Waals surface area contributed by atoms with Gasteiger partial charge in [0, 0.05) is 6.54 Å². The van der Waals surface area contributed by atoms with Crippen molar-refractivity contribution in [3.63, 3.8) is 0 Å². The third-order valence-electron chi connectivity index (χ3n) is 3.34. The lowest BCUT2D eigenvalue weighted by Crippen LogP contribution is -2.06. The molecule has 2 aromatic carbocycles. The molecule has 2 rings (SSSR count). The summed E-state index contributed by atoms with van der Waals surface area (Å²) in [6, 6.07) is 13.9. The van der Waals surface area contributed by atoms with E-state index in [9.17, 15) is 0 Å². The zero-order valence-corrected chi connectivity index (χ0v) is 12.7. The van der Waals surface area contributed by atoms with Crippen LogP contribution in [0.4, 0.5) is 0 Å². The highest BCUT2D eigenvalue weighted by molar-refractivity contribution is 5.43.